The summed E-state index contributed by atoms with van der Waals surface area (Å²) in [4.78, 5) is 2.40. The van der Waals surface area contributed by atoms with Gasteiger partial charge in [0.15, 0.2) is 0 Å². The number of benzene rings is 1. The van der Waals surface area contributed by atoms with Crippen LogP contribution in [0.15, 0.2) is 22.7 Å². The summed E-state index contributed by atoms with van der Waals surface area (Å²) in [5, 5.41) is 0. The average molecular weight is 303 g/mol. The molecule has 5 heteroatoms. The van der Waals surface area contributed by atoms with Gasteiger partial charge in [-0.2, -0.15) is 0 Å². The number of likely N-dealkylation sites (N-methyl/N-ethyl adjacent to an activating group) is 1. The predicted molar refractivity (Wildman–Crippen MR) is 74.1 cm³/mol. The van der Waals surface area contributed by atoms with Crippen molar-refractivity contribution in [2.24, 2.45) is 5.73 Å². The Labute approximate surface area is 110 Å². The molecule has 0 aliphatic carbocycles. The molecule has 2 N–H and O–H groups in total. The Hall–Kier alpha value is -0.650. The van der Waals surface area contributed by atoms with E-state index < -0.39 is 0 Å². The van der Waals surface area contributed by atoms with Gasteiger partial charge >= 0.3 is 0 Å². The molecule has 1 aromatic carbocycles. The molecule has 88 valence electrons. The van der Waals surface area contributed by atoms with Crippen LogP contribution in [-0.4, -0.2) is 37.1 Å². The van der Waals surface area contributed by atoms with Crippen LogP contribution in [0.4, 0.5) is 0 Å². The highest BCUT2D eigenvalue weighted by Crippen LogP contribution is 2.23. The summed E-state index contributed by atoms with van der Waals surface area (Å²) in [5.74, 6) is 0.734. The number of thiocarbonyl (C=S) groups is 1. The van der Waals surface area contributed by atoms with Crippen molar-refractivity contribution in [2.75, 3.05) is 27.2 Å². The van der Waals surface area contributed by atoms with Crippen molar-refractivity contribution < 1.29 is 4.74 Å². The van der Waals surface area contributed by atoms with Crippen LogP contribution < -0.4 is 10.5 Å². The second kappa shape index (κ2) is 6.18. The third kappa shape index (κ3) is 4.08. The van der Waals surface area contributed by atoms with Gasteiger partial charge < -0.3 is 15.4 Å². The lowest BCUT2D eigenvalue weighted by Gasteiger charge is -2.13. The normalized spacial score (nSPS) is 10.5. The Morgan fingerprint density at radius 1 is 1.50 bits per heavy atom. The Morgan fingerprint density at radius 2 is 2.19 bits per heavy atom. The highest BCUT2D eigenvalue weighted by molar-refractivity contribution is 9.10. The van der Waals surface area contributed by atoms with Gasteiger partial charge in [0.05, 0.1) is 5.56 Å². The molecule has 0 fully saturated rings. The van der Waals surface area contributed by atoms with Crippen LogP contribution in [0.2, 0.25) is 0 Å². The van der Waals surface area contributed by atoms with Gasteiger partial charge in [0.2, 0.25) is 0 Å². The van der Waals surface area contributed by atoms with E-state index in [9.17, 15) is 0 Å². The average Bonchev–Trinajstić information content (AvgIpc) is 2.19. The van der Waals surface area contributed by atoms with E-state index in [-0.39, 0.29) is 0 Å². The first-order valence-electron chi connectivity index (χ1n) is 4.87. The fourth-order valence-electron chi connectivity index (χ4n) is 1.16. The van der Waals surface area contributed by atoms with Crippen LogP contribution in [0.25, 0.3) is 0 Å². The molecule has 0 unspecified atom stereocenters. The summed E-state index contributed by atoms with van der Waals surface area (Å²) in [7, 11) is 4.00. The minimum Gasteiger partial charge on any atom is -0.492 e. The van der Waals surface area contributed by atoms with E-state index in [4.69, 9.17) is 22.7 Å². The summed E-state index contributed by atoms with van der Waals surface area (Å²) >= 11 is 8.35. The van der Waals surface area contributed by atoms with Crippen molar-refractivity contribution >= 4 is 33.1 Å². The number of nitrogens with two attached hydrogens (primary N) is 1. The lowest BCUT2D eigenvalue weighted by atomic mass is 10.2. The van der Waals surface area contributed by atoms with Gasteiger partial charge in [-0.05, 0) is 32.3 Å². The summed E-state index contributed by atoms with van der Waals surface area (Å²) in [6.45, 7) is 1.47. The van der Waals surface area contributed by atoms with E-state index in [0.717, 1.165) is 22.3 Å². The molecule has 0 saturated carbocycles. The SMILES string of the molecule is CN(C)CCOc1ccc(Br)cc1C(N)=S. The van der Waals surface area contributed by atoms with Crippen LogP contribution in [0.3, 0.4) is 0 Å². The molecule has 0 spiro atoms. The third-order valence-corrected chi connectivity index (χ3v) is 2.72. The molecule has 16 heavy (non-hydrogen) atoms. The van der Waals surface area contributed by atoms with Crippen LogP contribution >= 0.6 is 28.1 Å². The van der Waals surface area contributed by atoms with E-state index in [0.29, 0.717) is 11.6 Å². The van der Waals surface area contributed by atoms with E-state index in [1.54, 1.807) is 0 Å². The molecule has 0 aliphatic rings. The number of ether oxygens (including phenoxy) is 1. The number of hydrogen-bond acceptors (Lipinski definition) is 3. The quantitative estimate of drug-likeness (QED) is 0.845. The van der Waals surface area contributed by atoms with E-state index in [1.165, 1.54) is 0 Å². The number of hydrogen-bond donors (Lipinski definition) is 1. The van der Waals surface area contributed by atoms with Crippen molar-refractivity contribution in [3.8, 4) is 5.75 Å². The minimum absolute atomic E-state index is 0.348. The summed E-state index contributed by atoms with van der Waals surface area (Å²) in [6.07, 6.45) is 0. The molecule has 0 bridgehead atoms. The van der Waals surface area contributed by atoms with E-state index >= 15 is 0 Å². The second-order valence-corrected chi connectivity index (χ2v) is 5.01. The predicted octanol–water partition coefficient (Wildman–Crippen LogP) is 2.02. The minimum atomic E-state index is 0.348. The number of nitrogens with zero attached hydrogens (tertiary/aromatic N) is 1. The van der Waals surface area contributed by atoms with Crippen LogP contribution in [0.5, 0.6) is 5.75 Å². The maximum absolute atomic E-state index is 5.64. The number of halogens is 1. The highest BCUT2D eigenvalue weighted by atomic mass is 79.9. The van der Waals surface area contributed by atoms with E-state index in [1.807, 2.05) is 32.3 Å². The largest absolute Gasteiger partial charge is 0.492 e. The third-order valence-electron chi connectivity index (χ3n) is 2.00. The second-order valence-electron chi connectivity index (χ2n) is 3.66. The summed E-state index contributed by atoms with van der Waals surface area (Å²) in [5.41, 5.74) is 6.40. The Bertz CT molecular complexity index is 382. The Kier molecular flexibility index (Phi) is 5.18. The maximum atomic E-state index is 5.64. The molecular weight excluding hydrogens is 288 g/mol. The van der Waals surface area contributed by atoms with E-state index in [2.05, 4.69) is 20.8 Å². The molecule has 1 aromatic rings. The molecule has 0 aliphatic heterocycles. The first-order chi connectivity index (χ1) is 7.50. The fourth-order valence-corrected chi connectivity index (χ4v) is 1.68. The van der Waals surface area contributed by atoms with Crippen molar-refractivity contribution in [1.29, 1.82) is 0 Å². The lowest BCUT2D eigenvalue weighted by molar-refractivity contribution is 0.261. The summed E-state index contributed by atoms with van der Waals surface area (Å²) in [6, 6.07) is 5.65. The Balaban J connectivity index is 2.75. The van der Waals surface area contributed by atoms with Gasteiger partial charge in [0.1, 0.15) is 17.3 Å². The zero-order chi connectivity index (χ0) is 12.1. The van der Waals surface area contributed by atoms with Crippen LogP contribution in [0.1, 0.15) is 5.56 Å². The molecule has 0 amide bonds. The summed E-state index contributed by atoms with van der Waals surface area (Å²) < 4.78 is 6.57. The monoisotopic (exact) mass is 302 g/mol. The molecule has 0 atom stereocenters. The molecule has 0 heterocycles. The molecule has 0 saturated heterocycles. The smallest absolute Gasteiger partial charge is 0.129 e. The van der Waals surface area contributed by atoms with Crippen molar-refractivity contribution in [3.05, 3.63) is 28.2 Å². The van der Waals surface area contributed by atoms with Crippen molar-refractivity contribution in [1.82, 2.24) is 4.90 Å². The van der Waals surface area contributed by atoms with Crippen LogP contribution in [0, 0.1) is 0 Å². The van der Waals surface area contributed by atoms with Crippen LogP contribution in [-0.2, 0) is 0 Å². The van der Waals surface area contributed by atoms with Gasteiger partial charge in [0.25, 0.3) is 0 Å². The van der Waals surface area contributed by atoms with Gasteiger partial charge in [0, 0.05) is 11.0 Å². The standard InChI is InChI=1S/C11H15BrN2OS/c1-14(2)5-6-15-10-4-3-8(12)7-9(10)11(13)16/h3-4,7H,5-6H2,1-2H3,(H2,13,16). The fraction of sp³-hybridized carbons (Fsp3) is 0.364. The maximum Gasteiger partial charge on any atom is 0.129 e. The zero-order valence-corrected chi connectivity index (χ0v) is 11.8. The number of rotatable bonds is 5. The topological polar surface area (TPSA) is 38.5 Å². The first kappa shape index (κ1) is 13.4. The van der Waals surface area contributed by atoms with Gasteiger partial charge in [-0.25, -0.2) is 0 Å². The van der Waals surface area contributed by atoms with Crippen molar-refractivity contribution in [3.63, 3.8) is 0 Å². The zero-order valence-electron chi connectivity index (χ0n) is 9.37. The molecule has 0 aromatic heterocycles. The first-order valence-corrected chi connectivity index (χ1v) is 6.07. The molecule has 0 radical (unpaired) electrons. The van der Waals surface area contributed by atoms with Gasteiger partial charge in [-0.15, -0.1) is 0 Å². The van der Waals surface area contributed by atoms with Crippen molar-refractivity contribution in [2.45, 2.75) is 0 Å². The van der Waals surface area contributed by atoms with Gasteiger partial charge in [-0.3, -0.25) is 0 Å². The molecular formula is C11H15BrN2OS. The molecule has 1 rings (SSSR count). The van der Waals surface area contributed by atoms with Gasteiger partial charge in [-0.1, -0.05) is 28.1 Å². The Morgan fingerprint density at radius 3 is 2.75 bits per heavy atom. The highest BCUT2D eigenvalue weighted by Gasteiger charge is 2.07. The lowest BCUT2D eigenvalue weighted by Crippen LogP contribution is -2.20. The molecule has 3 nitrogen and oxygen atoms in total.